The van der Waals surface area contributed by atoms with Crippen LogP contribution in [0.15, 0.2) is 47.4 Å². The molecule has 1 aliphatic rings. The Morgan fingerprint density at radius 1 is 1.03 bits per heavy atom. The largest absolute Gasteiger partial charge is 0.493 e. The molecule has 156 valence electrons. The standard InChI is InChI=1S/C22H28N2O4S/c1-17-6-10-20(11-7-17)28-15-12-22(25)23-19-9-8-18(2)21(16-19)29(26,27)24-13-4-3-5-14-24/h6-11,16H,3-5,12-15H2,1-2H3,(H,23,25). The minimum atomic E-state index is -3.55. The van der Waals surface area contributed by atoms with E-state index in [4.69, 9.17) is 4.74 Å². The summed E-state index contributed by atoms with van der Waals surface area (Å²) in [6.07, 6.45) is 3.01. The Morgan fingerprint density at radius 2 is 1.72 bits per heavy atom. The summed E-state index contributed by atoms with van der Waals surface area (Å²) in [5, 5.41) is 2.78. The van der Waals surface area contributed by atoms with Gasteiger partial charge in [-0.05, 0) is 56.5 Å². The Balaban J connectivity index is 1.61. The first-order chi connectivity index (χ1) is 13.9. The number of nitrogens with zero attached hydrogens (tertiary/aromatic N) is 1. The first-order valence-electron chi connectivity index (χ1n) is 9.96. The molecule has 2 aromatic carbocycles. The van der Waals surface area contributed by atoms with E-state index in [-0.39, 0.29) is 23.8 Å². The summed E-state index contributed by atoms with van der Waals surface area (Å²) in [5.74, 6) is 0.496. The van der Waals surface area contributed by atoms with Crippen LogP contribution in [0.4, 0.5) is 5.69 Å². The lowest BCUT2D eigenvalue weighted by Gasteiger charge is -2.26. The number of nitrogens with one attached hydrogen (secondary N) is 1. The van der Waals surface area contributed by atoms with E-state index >= 15 is 0 Å². The van der Waals surface area contributed by atoms with E-state index < -0.39 is 10.0 Å². The van der Waals surface area contributed by atoms with Gasteiger partial charge < -0.3 is 10.1 Å². The quantitative estimate of drug-likeness (QED) is 0.743. The van der Waals surface area contributed by atoms with Gasteiger partial charge in [-0.3, -0.25) is 4.79 Å². The normalized spacial score (nSPS) is 15.1. The van der Waals surface area contributed by atoms with Gasteiger partial charge in [0.1, 0.15) is 5.75 Å². The summed E-state index contributed by atoms with van der Waals surface area (Å²) >= 11 is 0. The monoisotopic (exact) mass is 416 g/mol. The van der Waals surface area contributed by atoms with Crippen molar-refractivity contribution in [3.05, 3.63) is 53.6 Å². The molecule has 0 atom stereocenters. The molecule has 1 aliphatic heterocycles. The second-order valence-corrected chi connectivity index (χ2v) is 9.31. The molecule has 1 saturated heterocycles. The minimum Gasteiger partial charge on any atom is -0.493 e. The first-order valence-corrected chi connectivity index (χ1v) is 11.4. The van der Waals surface area contributed by atoms with E-state index in [9.17, 15) is 13.2 Å². The number of anilines is 1. The van der Waals surface area contributed by atoms with Crippen molar-refractivity contribution in [2.75, 3.05) is 25.0 Å². The molecule has 0 spiro atoms. The number of sulfonamides is 1. The minimum absolute atomic E-state index is 0.177. The van der Waals surface area contributed by atoms with Crippen molar-refractivity contribution in [1.29, 1.82) is 0 Å². The Bertz CT molecular complexity index is 949. The van der Waals surface area contributed by atoms with Crippen LogP contribution in [0.5, 0.6) is 5.75 Å². The zero-order chi connectivity index (χ0) is 20.9. The zero-order valence-corrected chi connectivity index (χ0v) is 17.8. The number of piperidine rings is 1. The lowest BCUT2D eigenvalue weighted by atomic mass is 10.2. The maximum absolute atomic E-state index is 13.0. The van der Waals surface area contributed by atoms with Crippen LogP contribution in [0.3, 0.4) is 0 Å². The number of amides is 1. The third-order valence-corrected chi connectivity index (χ3v) is 7.06. The first kappa shape index (κ1) is 21.3. The molecule has 29 heavy (non-hydrogen) atoms. The predicted molar refractivity (Wildman–Crippen MR) is 114 cm³/mol. The molecule has 2 aromatic rings. The van der Waals surface area contributed by atoms with Crippen molar-refractivity contribution in [3.8, 4) is 5.75 Å². The van der Waals surface area contributed by atoms with Gasteiger partial charge in [0.05, 0.1) is 17.9 Å². The van der Waals surface area contributed by atoms with E-state index in [2.05, 4.69) is 5.32 Å². The third kappa shape index (κ3) is 5.58. The fourth-order valence-corrected chi connectivity index (χ4v) is 5.09. The number of rotatable bonds is 7. The molecule has 0 saturated carbocycles. The van der Waals surface area contributed by atoms with Gasteiger partial charge in [0.25, 0.3) is 0 Å². The van der Waals surface area contributed by atoms with Crippen molar-refractivity contribution in [2.24, 2.45) is 0 Å². The number of benzene rings is 2. The highest BCUT2D eigenvalue weighted by Crippen LogP contribution is 2.26. The Hall–Kier alpha value is -2.38. The van der Waals surface area contributed by atoms with E-state index in [0.717, 1.165) is 24.8 Å². The molecule has 0 aliphatic carbocycles. The molecule has 7 heteroatoms. The fraction of sp³-hybridized carbons (Fsp3) is 0.409. The van der Waals surface area contributed by atoms with E-state index in [0.29, 0.717) is 30.1 Å². The second kappa shape index (κ2) is 9.41. The molecule has 0 aromatic heterocycles. The van der Waals surface area contributed by atoms with Gasteiger partial charge in [-0.2, -0.15) is 4.31 Å². The maximum atomic E-state index is 13.0. The molecule has 6 nitrogen and oxygen atoms in total. The lowest BCUT2D eigenvalue weighted by Crippen LogP contribution is -2.36. The molecule has 3 rings (SSSR count). The molecule has 1 heterocycles. The summed E-state index contributed by atoms with van der Waals surface area (Å²) in [5.41, 5.74) is 2.30. The maximum Gasteiger partial charge on any atom is 0.243 e. The Morgan fingerprint density at radius 3 is 2.41 bits per heavy atom. The van der Waals surface area contributed by atoms with E-state index in [1.165, 1.54) is 0 Å². The second-order valence-electron chi connectivity index (χ2n) is 7.40. The van der Waals surface area contributed by atoms with Gasteiger partial charge in [0.2, 0.25) is 15.9 Å². The molecule has 1 amide bonds. The summed E-state index contributed by atoms with van der Waals surface area (Å²) in [6, 6.07) is 12.6. The summed E-state index contributed by atoms with van der Waals surface area (Å²) in [4.78, 5) is 12.5. The van der Waals surface area contributed by atoms with Gasteiger partial charge in [0.15, 0.2) is 0 Å². The SMILES string of the molecule is Cc1ccc(OCCC(=O)Nc2ccc(C)c(S(=O)(=O)N3CCCCC3)c2)cc1. The summed E-state index contributed by atoms with van der Waals surface area (Å²) in [7, 11) is -3.55. The van der Waals surface area contributed by atoms with Gasteiger partial charge in [-0.15, -0.1) is 0 Å². The summed E-state index contributed by atoms with van der Waals surface area (Å²) < 4.78 is 33.1. The number of carbonyl (C=O) groups is 1. The van der Waals surface area contributed by atoms with Crippen LogP contribution in [0.2, 0.25) is 0 Å². The molecule has 0 unspecified atom stereocenters. The number of carbonyl (C=O) groups excluding carboxylic acids is 1. The third-order valence-electron chi connectivity index (χ3n) is 5.02. The van der Waals surface area contributed by atoms with Crippen molar-refractivity contribution < 1.29 is 17.9 Å². The van der Waals surface area contributed by atoms with Gasteiger partial charge in [0, 0.05) is 18.8 Å². The van der Waals surface area contributed by atoms with Crippen LogP contribution in [-0.2, 0) is 14.8 Å². The number of hydrogen-bond acceptors (Lipinski definition) is 4. The van der Waals surface area contributed by atoms with Crippen molar-refractivity contribution in [2.45, 2.75) is 44.4 Å². The van der Waals surface area contributed by atoms with Crippen LogP contribution < -0.4 is 10.1 Å². The molecular weight excluding hydrogens is 388 g/mol. The van der Waals surface area contributed by atoms with Crippen LogP contribution >= 0.6 is 0 Å². The van der Waals surface area contributed by atoms with Gasteiger partial charge >= 0.3 is 0 Å². The smallest absolute Gasteiger partial charge is 0.243 e. The zero-order valence-electron chi connectivity index (χ0n) is 17.0. The number of ether oxygens (including phenoxy) is 1. The van der Waals surface area contributed by atoms with E-state index in [1.54, 1.807) is 29.4 Å². The van der Waals surface area contributed by atoms with Crippen LogP contribution in [0, 0.1) is 13.8 Å². The highest BCUT2D eigenvalue weighted by Gasteiger charge is 2.27. The average molecular weight is 417 g/mol. The molecule has 1 fully saturated rings. The number of hydrogen-bond donors (Lipinski definition) is 1. The van der Waals surface area contributed by atoms with E-state index in [1.807, 2.05) is 31.2 Å². The Kier molecular flexibility index (Phi) is 6.92. The van der Waals surface area contributed by atoms with Gasteiger partial charge in [-0.25, -0.2) is 8.42 Å². The van der Waals surface area contributed by atoms with Crippen molar-refractivity contribution in [3.63, 3.8) is 0 Å². The summed E-state index contributed by atoms with van der Waals surface area (Å²) in [6.45, 7) is 5.12. The molecule has 1 N–H and O–H groups in total. The lowest BCUT2D eigenvalue weighted by molar-refractivity contribution is -0.116. The Labute approximate surface area is 172 Å². The average Bonchev–Trinajstić information content (AvgIpc) is 2.71. The predicted octanol–water partition coefficient (Wildman–Crippen LogP) is 3.89. The highest BCUT2D eigenvalue weighted by molar-refractivity contribution is 7.89. The molecule has 0 bridgehead atoms. The molecule has 0 radical (unpaired) electrons. The van der Waals surface area contributed by atoms with Crippen molar-refractivity contribution >= 4 is 21.6 Å². The topological polar surface area (TPSA) is 75.7 Å². The van der Waals surface area contributed by atoms with Crippen molar-refractivity contribution in [1.82, 2.24) is 4.31 Å². The van der Waals surface area contributed by atoms with Gasteiger partial charge in [-0.1, -0.05) is 30.2 Å². The fourth-order valence-electron chi connectivity index (χ4n) is 3.32. The van der Waals surface area contributed by atoms with Crippen LogP contribution in [0.25, 0.3) is 0 Å². The van der Waals surface area contributed by atoms with Crippen LogP contribution in [-0.4, -0.2) is 38.3 Å². The number of aryl methyl sites for hydroxylation is 2. The highest BCUT2D eigenvalue weighted by atomic mass is 32.2. The molecular formula is C22H28N2O4S. The van der Waals surface area contributed by atoms with Crippen LogP contribution in [0.1, 0.15) is 36.8 Å².